The molecule has 0 saturated carbocycles. The molecule has 0 radical (unpaired) electrons. The van der Waals surface area contributed by atoms with Crippen LogP contribution in [-0.4, -0.2) is 55.0 Å². The number of nitrogens with zero attached hydrogens (tertiary/aromatic N) is 2. The van der Waals surface area contributed by atoms with Crippen LogP contribution in [-0.2, 0) is 4.74 Å². The summed E-state index contributed by atoms with van der Waals surface area (Å²) in [6, 6.07) is 0. The molecule has 5 N–H and O–H groups in total. The van der Waals surface area contributed by atoms with Gasteiger partial charge < -0.3 is 25.8 Å². The Morgan fingerprint density at radius 2 is 2.29 bits per heavy atom. The SMILES string of the molecule is NC(=S)c1nn([C@@H]2O[C@H](CO)[C@@H](O)[C@H]2O)cp1. The van der Waals surface area contributed by atoms with Crippen LogP contribution < -0.4 is 5.73 Å². The van der Waals surface area contributed by atoms with E-state index in [1.807, 2.05) is 0 Å². The van der Waals surface area contributed by atoms with Crippen molar-refractivity contribution in [3.8, 4) is 0 Å². The maximum absolute atomic E-state index is 9.76. The first-order chi connectivity index (χ1) is 8.04. The molecule has 0 bridgehead atoms. The second kappa shape index (κ2) is 4.93. The Labute approximate surface area is 104 Å². The number of hydrogen-bond donors (Lipinski definition) is 4. The largest absolute Gasteiger partial charge is 0.394 e. The molecule has 2 heterocycles. The van der Waals surface area contributed by atoms with Gasteiger partial charge in [-0.1, -0.05) is 12.2 Å². The molecule has 0 unspecified atom stereocenters. The number of aromatic nitrogens is 2. The van der Waals surface area contributed by atoms with Gasteiger partial charge in [0.1, 0.15) is 28.7 Å². The predicted octanol–water partition coefficient (Wildman–Crippen LogP) is -1.29. The van der Waals surface area contributed by atoms with Crippen LogP contribution in [0.2, 0.25) is 0 Å². The van der Waals surface area contributed by atoms with Crippen molar-refractivity contribution in [3.05, 3.63) is 11.4 Å². The monoisotopic (exact) mass is 277 g/mol. The summed E-state index contributed by atoms with van der Waals surface area (Å²) < 4.78 is 6.66. The minimum Gasteiger partial charge on any atom is -0.394 e. The van der Waals surface area contributed by atoms with Gasteiger partial charge in [0.2, 0.25) is 0 Å². The summed E-state index contributed by atoms with van der Waals surface area (Å²) in [5.74, 6) is 1.63. The van der Waals surface area contributed by atoms with Crippen LogP contribution in [0.1, 0.15) is 11.7 Å². The van der Waals surface area contributed by atoms with Crippen molar-refractivity contribution in [2.75, 3.05) is 6.61 Å². The van der Waals surface area contributed by atoms with Crippen molar-refractivity contribution in [1.29, 1.82) is 0 Å². The molecule has 0 aromatic carbocycles. The smallest absolute Gasteiger partial charge is 0.179 e. The van der Waals surface area contributed by atoms with E-state index in [1.54, 1.807) is 5.93 Å². The number of hydrogen-bond acceptors (Lipinski definition) is 6. The minimum absolute atomic E-state index is 0.178. The van der Waals surface area contributed by atoms with E-state index in [0.717, 1.165) is 0 Å². The molecule has 7 nitrogen and oxygen atoms in total. The van der Waals surface area contributed by atoms with Gasteiger partial charge in [-0.3, -0.25) is 0 Å². The van der Waals surface area contributed by atoms with Crippen LogP contribution >= 0.6 is 20.4 Å². The van der Waals surface area contributed by atoms with Crippen LogP contribution in [0.25, 0.3) is 0 Å². The maximum atomic E-state index is 9.76. The Kier molecular flexibility index (Phi) is 3.72. The van der Waals surface area contributed by atoms with Crippen LogP contribution in [0.5, 0.6) is 0 Å². The summed E-state index contributed by atoms with van der Waals surface area (Å²) in [6.45, 7) is -0.369. The summed E-state index contributed by atoms with van der Waals surface area (Å²) in [4.78, 5) is 0.178. The number of ether oxygens (including phenoxy) is 1. The zero-order valence-corrected chi connectivity index (χ0v) is 10.4. The Hall–Kier alpha value is -0.630. The van der Waals surface area contributed by atoms with Crippen LogP contribution in [0.15, 0.2) is 5.93 Å². The fourth-order valence-electron chi connectivity index (χ4n) is 1.61. The van der Waals surface area contributed by atoms with E-state index in [0.29, 0.717) is 13.6 Å². The van der Waals surface area contributed by atoms with Crippen molar-refractivity contribution in [2.45, 2.75) is 24.5 Å². The first-order valence-electron chi connectivity index (χ1n) is 4.88. The third-order valence-electron chi connectivity index (χ3n) is 2.51. The van der Waals surface area contributed by atoms with Gasteiger partial charge in [-0.15, -0.1) is 0 Å². The molecule has 1 aromatic heterocycles. The maximum Gasteiger partial charge on any atom is 0.179 e. The molecule has 9 heteroatoms. The Morgan fingerprint density at radius 3 is 2.76 bits per heavy atom. The van der Waals surface area contributed by atoms with Gasteiger partial charge in [-0.05, 0) is 8.19 Å². The third-order valence-corrected chi connectivity index (χ3v) is 3.78. The van der Waals surface area contributed by atoms with Crippen LogP contribution in [0, 0.1) is 0 Å². The number of aliphatic hydroxyl groups is 3. The highest BCUT2D eigenvalue weighted by molar-refractivity contribution is 7.81. The van der Waals surface area contributed by atoms with Gasteiger partial charge >= 0.3 is 0 Å². The lowest BCUT2D eigenvalue weighted by Gasteiger charge is -2.14. The summed E-state index contributed by atoms with van der Waals surface area (Å²) in [5.41, 5.74) is 5.93. The highest BCUT2D eigenvalue weighted by Crippen LogP contribution is 2.30. The van der Waals surface area contributed by atoms with Crippen LogP contribution in [0.3, 0.4) is 0 Å². The molecule has 2 rings (SSSR count). The van der Waals surface area contributed by atoms with Gasteiger partial charge in [-0.2, -0.15) is 5.10 Å². The molecule has 1 aliphatic rings. The highest BCUT2D eigenvalue weighted by atomic mass is 32.1. The lowest BCUT2D eigenvalue weighted by molar-refractivity contribution is -0.0585. The summed E-state index contributed by atoms with van der Waals surface area (Å²) >= 11 is 4.78. The second-order valence-corrected chi connectivity index (χ2v) is 4.99. The quantitative estimate of drug-likeness (QED) is 0.508. The van der Waals surface area contributed by atoms with Gasteiger partial charge in [0.15, 0.2) is 6.23 Å². The molecule has 0 amide bonds. The third kappa shape index (κ3) is 2.33. The minimum atomic E-state index is -1.15. The summed E-state index contributed by atoms with van der Waals surface area (Å²) in [5, 5.41) is 32.4. The molecule has 1 fully saturated rings. The van der Waals surface area contributed by atoms with Crippen molar-refractivity contribution in [3.63, 3.8) is 0 Å². The number of rotatable bonds is 3. The molecular weight excluding hydrogens is 265 g/mol. The van der Waals surface area contributed by atoms with Crippen molar-refractivity contribution < 1.29 is 20.1 Å². The van der Waals surface area contributed by atoms with E-state index in [2.05, 4.69) is 5.10 Å². The summed E-state index contributed by atoms with van der Waals surface area (Å²) in [6.07, 6.45) is -3.93. The Morgan fingerprint density at radius 1 is 1.59 bits per heavy atom. The fourth-order valence-corrected chi connectivity index (χ4v) is 2.50. The lowest BCUT2D eigenvalue weighted by Crippen LogP contribution is -2.33. The van der Waals surface area contributed by atoms with E-state index in [1.165, 1.54) is 4.68 Å². The lowest BCUT2D eigenvalue weighted by atomic mass is 10.1. The first kappa shape index (κ1) is 12.8. The van der Waals surface area contributed by atoms with E-state index in [4.69, 9.17) is 27.8 Å². The number of thiocarbonyl (C=S) groups is 1. The molecule has 1 aliphatic heterocycles. The topological polar surface area (TPSA) is 114 Å². The van der Waals surface area contributed by atoms with Crippen molar-refractivity contribution in [2.24, 2.45) is 5.73 Å². The standard InChI is InChI=1S/C8H12N3O4PS/c9-6(17)7-10-11(2-16-7)8-5(14)4(13)3(1-12)15-8/h2-5,8,12-14H,1H2,(H2,9,17)/t3-,4-,5-,8-/m1/s1. The first-order valence-corrected chi connectivity index (χ1v) is 6.25. The predicted molar refractivity (Wildman–Crippen MR) is 63.6 cm³/mol. The zero-order valence-electron chi connectivity index (χ0n) is 8.67. The molecule has 94 valence electrons. The van der Waals surface area contributed by atoms with E-state index in [-0.39, 0.29) is 11.6 Å². The molecular formula is C8H12N3O4PS. The van der Waals surface area contributed by atoms with Gasteiger partial charge in [0.25, 0.3) is 0 Å². The Bertz CT molecular complexity index is 429. The Balaban J connectivity index is 2.19. The second-order valence-electron chi connectivity index (χ2n) is 3.64. The molecule has 17 heavy (non-hydrogen) atoms. The molecule has 1 saturated heterocycles. The van der Waals surface area contributed by atoms with Crippen LogP contribution in [0.4, 0.5) is 0 Å². The van der Waals surface area contributed by atoms with E-state index < -0.39 is 24.5 Å². The average Bonchev–Trinajstić information content (AvgIpc) is 2.87. The van der Waals surface area contributed by atoms with Crippen molar-refractivity contribution in [1.82, 2.24) is 9.78 Å². The average molecular weight is 277 g/mol. The van der Waals surface area contributed by atoms with E-state index >= 15 is 0 Å². The fraction of sp³-hybridized carbons (Fsp3) is 0.625. The number of nitrogens with two attached hydrogens (primary N) is 1. The molecule has 1 aromatic rings. The molecule has 0 aliphatic carbocycles. The number of aliphatic hydroxyl groups excluding tert-OH is 3. The summed E-state index contributed by atoms with van der Waals surface area (Å²) in [7, 11) is 0.709. The highest BCUT2D eigenvalue weighted by Gasteiger charge is 2.43. The van der Waals surface area contributed by atoms with Crippen molar-refractivity contribution >= 4 is 25.4 Å². The van der Waals surface area contributed by atoms with E-state index in [9.17, 15) is 10.2 Å². The van der Waals surface area contributed by atoms with Gasteiger partial charge in [-0.25, -0.2) is 4.68 Å². The molecule has 4 atom stereocenters. The van der Waals surface area contributed by atoms with Gasteiger partial charge in [0.05, 0.1) is 12.5 Å². The normalized spacial score (nSPS) is 33.4. The zero-order chi connectivity index (χ0) is 12.6. The van der Waals surface area contributed by atoms with Gasteiger partial charge in [0, 0.05) is 0 Å². The molecule has 0 spiro atoms.